The van der Waals surface area contributed by atoms with E-state index < -0.39 is 0 Å². The normalized spacial score (nSPS) is 10.5. The average molecular weight is 361 g/mol. The molecular formula is C22H23N3O2. The van der Waals surface area contributed by atoms with Gasteiger partial charge in [-0.15, -0.1) is 0 Å². The summed E-state index contributed by atoms with van der Waals surface area (Å²) in [6, 6.07) is 13.5. The number of para-hydroxylation sites is 1. The molecule has 27 heavy (non-hydrogen) atoms. The minimum Gasteiger partial charge on any atom is -0.497 e. The Morgan fingerprint density at radius 1 is 1.11 bits per heavy atom. The van der Waals surface area contributed by atoms with E-state index in [0.29, 0.717) is 17.1 Å². The lowest BCUT2D eigenvalue weighted by molar-refractivity contribution is 0.102. The Bertz CT molecular complexity index is 966. The van der Waals surface area contributed by atoms with E-state index in [9.17, 15) is 4.79 Å². The molecule has 1 aromatic heterocycles. The van der Waals surface area contributed by atoms with Crippen LogP contribution in [0.2, 0.25) is 0 Å². The second-order valence-electron chi connectivity index (χ2n) is 6.34. The SMILES string of the molecule is CCc1cccc(C)c1NC(=O)c1cnc(-c2ccc(OC)cc2)nc1C. The van der Waals surface area contributed by atoms with Crippen molar-refractivity contribution in [2.24, 2.45) is 0 Å². The average Bonchev–Trinajstić information content (AvgIpc) is 2.69. The van der Waals surface area contributed by atoms with E-state index in [0.717, 1.165) is 34.5 Å². The number of carbonyl (C=O) groups excluding carboxylic acids is 1. The molecule has 0 bridgehead atoms. The Kier molecular flexibility index (Phi) is 5.50. The summed E-state index contributed by atoms with van der Waals surface area (Å²) in [6.45, 7) is 5.88. The van der Waals surface area contributed by atoms with Crippen LogP contribution in [-0.4, -0.2) is 23.0 Å². The quantitative estimate of drug-likeness (QED) is 0.722. The minimum atomic E-state index is -0.196. The number of nitrogens with zero attached hydrogens (tertiary/aromatic N) is 2. The Morgan fingerprint density at radius 3 is 2.48 bits per heavy atom. The van der Waals surface area contributed by atoms with Gasteiger partial charge in [-0.25, -0.2) is 9.97 Å². The Morgan fingerprint density at radius 2 is 1.85 bits per heavy atom. The number of benzene rings is 2. The summed E-state index contributed by atoms with van der Waals surface area (Å²) < 4.78 is 5.17. The first-order valence-electron chi connectivity index (χ1n) is 8.91. The van der Waals surface area contributed by atoms with Gasteiger partial charge in [0.05, 0.1) is 18.4 Å². The number of aryl methyl sites for hydroxylation is 3. The van der Waals surface area contributed by atoms with Gasteiger partial charge in [-0.05, 0) is 55.7 Å². The van der Waals surface area contributed by atoms with Gasteiger partial charge >= 0.3 is 0 Å². The van der Waals surface area contributed by atoms with Crippen LogP contribution in [0.5, 0.6) is 5.75 Å². The summed E-state index contributed by atoms with van der Waals surface area (Å²) in [5.41, 5.74) is 4.99. The molecule has 5 heteroatoms. The van der Waals surface area contributed by atoms with Gasteiger partial charge in [-0.3, -0.25) is 4.79 Å². The number of amides is 1. The molecule has 0 spiro atoms. The predicted octanol–water partition coefficient (Wildman–Crippen LogP) is 4.58. The summed E-state index contributed by atoms with van der Waals surface area (Å²) in [7, 11) is 1.63. The molecule has 1 heterocycles. The molecule has 138 valence electrons. The van der Waals surface area contributed by atoms with Crippen LogP contribution in [0.25, 0.3) is 11.4 Å². The molecule has 0 atom stereocenters. The second kappa shape index (κ2) is 7.99. The summed E-state index contributed by atoms with van der Waals surface area (Å²) in [4.78, 5) is 21.7. The maximum atomic E-state index is 12.8. The van der Waals surface area contributed by atoms with Crippen molar-refractivity contribution in [1.82, 2.24) is 9.97 Å². The summed E-state index contributed by atoms with van der Waals surface area (Å²) >= 11 is 0. The Labute approximate surface area is 159 Å². The molecule has 3 aromatic rings. The van der Waals surface area contributed by atoms with E-state index in [-0.39, 0.29) is 5.91 Å². The van der Waals surface area contributed by atoms with E-state index in [1.165, 1.54) is 0 Å². The van der Waals surface area contributed by atoms with Crippen molar-refractivity contribution in [1.29, 1.82) is 0 Å². The maximum absolute atomic E-state index is 12.8. The largest absolute Gasteiger partial charge is 0.497 e. The van der Waals surface area contributed by atoms with Crippen molar-refractivity contribution >= 4 is 11.6 Å². The van der Waals surface area contributed by atoms with E-state index in [2.05, 4.69) is 22.2 Å². The maximum Gasteiger partial charge on any atom is 0.259 e. The molecule has 1 amide bonds. The van der Waals surface area contributed by atoms with E-state index in [4.69, 9.17) is 4.74 Å². The standard InChI is InChI=1S/C22H23N3O2/c1-5-16-8-6-7-14(2)20(16)25-22(26)19-13-23-21(24-15(19)3)17-9-11-18(27-4)12-10-17/h6-13H,5H2,1-4H3,(H,25,26). The number of methoxy groups -OCH3 is 1. The molecule has 0 fully saturated rings. The predicted molar refractivity (Wildman–Crippen MR) is 107 cm³/mol. The summed E-state index contributed by atoms with van der Waals surface area (Å²) in [5, 5.41) is 3.03. The number of carbonyl (C=O) groups is 1. The van der Waals surface area contributed by atoms with Gasteiger partial charge in [0, 0.05) is 17.4 Å². The number of hydrogen-bond acceptors (Lipinski definition) is 4. The fourth-order valence-electron chi connectivity index (χ4n) is 2.95. The van der Waals surface area contributed by atoms with Crippen LogP contribution in [0.15, 0.2) is 48.7 Å². The number of nitrogens with one attached hydrogen (secondary N) is 1. The van der Waals surface area contributed by atoms with Crippen molar-refractivity contribution in [3.05, 3.63) is 71.0 Å². The lowest BCUT2D eigenvalue weighted by Gasteiger charge is -2.14. The molecule has 1 N–H and O–H groups in total. The molecule has 0 unspecified atom stereocenters. The highest BCUT2D eigenvalue weighted by atomic mass is 16.5. The zero-order valence-electron chi connectivity index (χ0n) is 16.0. The van der Waals surface area contributed by atoms with Crippen LogP contribution >= 0.6 is 0 Å². The topological polar surface area (TPSA) is 64.1 Å². The third kappa shape index (κ3) is 3.97. The Hall–Kier alpha value is -3.21. The van der Waals surface area contributed by atoms with Gasteiger partial charge in [-0.1, -0.05) is 25.1 Å². The third-order valence-corrected chi connectivity index (χ3v) is 4.55. The highest BCUT2D eigenvalue weighted by Gasteiger charge is 2.15. The van der Waals surface area contributed by atoms with Crippen LogP contribution in [0, 0.1) is 13.8 Å². The molecule has 5 nitrogen and oxygen atoms in total. The number of aromatic nitrogens is 2. The molecule has 0 aliphatic carbocycles. The summed E-state index contributed by atoms with van der Waals surface area (Å²) in [5.74, 6) is 1.16. The van der Waals surface area contributed by atoms with Gasteiger partial charge in [0.25, 0.3) is 5.91 Å². The van der Waals surface area contributed by atoms with E-state index >= 15 is 0 Å². The molecule has 0 saturated heterocycles. The van der Waals surface area contributed by atoms with Crippen molar-refractivity contribution in [2.45, 2.75) is 27.2 Å². The lowest BCUT2D eigenvalue weighted by Crippen LogP contribution is -2.17. The van der Waals surface area contributed by atoms with Gasteiger partial charge in [0.15, 0.2) is 5.82 Å². The van der Waals surface area contributed by atoms with E-state index in [1.807, 2.05) is 56.3 Å². The molecular weight excluding hydrogens is 338 g/mol. The second-order valence-corrected chi connectivity index (χ2v) is 6.34. The first kappa shape index (κ1) is 18.6. The molecule has 0 aliphatic heterocycles. The highest BCUT2D eigenvalue weighted by Crippen LogP contribution is 2.23. The van der Waals surface area contributed by atoms with Gasteiger partial charge < -0.3 is 10.1 Å². The van der Waals surface area contributed by atoms with Crippen LogP contribution in [-0.2, 0) is 6.42 Å². The molecule has 2 aromatic carbocycles. The zero-order chi connectivity index (χ0) is 19.4. The minimum absolute atomic E-state index is 0.196. The van der Waals surface area contributed by atoms with Crippen molar-refractivity contribution < 1.29 is 9.53 Å². The first-order chi connectivity index (χ1) is 13.0. The molecule has 0 radical (unpaired) electrons. The van der Waals surface area contributed by atoms with Gasteiger partial charge in [-0.2, -0.15) is 0 Å². The highest BCUT2D eigenvalue weighted by molar-refractivity contribution is 6.05. The van der Waals surface area contributed by atoms with Crippen LogP contribution < -0.4 is 10.1 Å². The van der Waals surface area contributed by atoms with Crippen LogP contribution in [0.3, 0.4) is 0 Å². The molecule has 0 saturated carbocycles. The zero-order valence-corrected chi connectivity index (χ0v) is 16.0. The van der Waals surface area contributed by atoms with Crippen molar-refractivity contribution in [3.8, 4) is 17.1 Å². The number of rotatable bonds is 5. The smallest absolute Gasteiger partial charge is 0.259 e. The number of ether oxygens (including phenoxy) is 1. The molecule has 3 rings (SSSR count). The Balaban J connectivity index is 1.86. The monoisotopic (exact) mass is 361 g/mol. The van der Waals surface area contributed by atoms with Crippen molar-refractivity contribution in [3.63, 3.8) is 0 Å². The van der Waals surface area contributed by atoms with E-state index in [1.54, 1.807) is 13.3 Å². The van der Waals surface area contributed by atoms with Gasteiger partial charge in [0.2, 0.25) is 0 Å². The summed E-state index contributed by atoms with van der Waals surface area (Å²) in [6.07, 6.45) is 2.43. The van der Waals surface area contributed by atoms with Crippen LogP contribution in [0.4, 0.5) is 5.69 Å². The third-order valence-electron chi connectivity index (χ3n) is 4.55. The van der Waals surface area contributed by atoms with Gasteiger partial charge in [0.1, 0.15) is 5.75 Å². The lowest BCUT2D eigenvalue weighted by atomic mass is 10.1. The number of anilines is 1. The van der Waals surface area contributed by atoms with Crippen molar-refractivity contribution in [2.75, 3.05) is 12.4 Å². The first-order valence-corrected chi connectivity index (χ1v) is 8.91. The fraction of sp³-hybridized carbons (Fsp3) is 0.227. The molecule has 0 aliphatic rings. The van der Waals surface area contributed by atoms with Crippen LogP contribution in [0.1, 0.15) is 34.1 Å². The number of hydrogen-bond donors (Lipinski definition) is 1. The fourth-order valence-corrected chi connectivity index (χ4v) is 2.95.